The molecule has 0 aromatic rings. The van der Waals surface area contributed by atoms with E-state index < -0.39 is 0 Å². The molecule has 0 spiro atoms. The van der Waals surface area contributed by atoms with Crippen LogP contribution in [0.2, 0.25) is 0 Å². The lowest BCUT2D eigenvalue weighted by molar-refractivity contribution is 0.232. The molecule has 0 heterocycles. The highest BCUT2D eigenvalue weighted by Gasteiger charge is 1.96. The molecule has 4 N–H and O–H groups in total. The minimum atomic E-state index is 0.0703. The molecule has 1 unspecified atom stereocenters. The number of hydroxylamine groups is 1. The first-order valence-electron chi connectivity index (χ1n) is 2.93. The molecule has 0 radical (unpaired) electrons. The summed E-state index contributed by atoms with van der Waals surface area (Å²) in [5, 5.41) is 8.64. The lowest BCUT2D eigenvalue weighted by atomic mass is 10.5. The van der Waals surface area contributed by atoms with E-state index in [1.54, 1.807) is 17.2 Å². The molecule has 0 aliphatic heterocycles. The summed E-state index contributed by atoms with van der Waals surface area (Å²) >= 11 is 1.71. The summed E-state index contributed by atoms with van der Waals surface area (Å²) in [7, 11) is 0. The number of rotatable bonds is 3. The standard InChI is InChI=1S/C5H13N3OS/c1-4(10-2)3-7-5(6)8-9/h4,9H,3H2,1-2H3,(H3,6,7,8). The van der Waals surface area contributed by atoms with Crippen LogP contribution in [-0.4, -0.2) is 29.2 Å². The highest BCUT2D eigenvalue weighted by atomic mass is 32.2. The van der Waals surface area contributed by atoms with Crippen molar-refractivity contribution in [2.75, 3.05) is 12.8 Å². The molecule has 60 valence electrons. The lowest BCUT2D eigenvalue weighted by Gasteiger charge is -2.03. The van der Waals surface area contributed by atoms with E-state index >= 15 is 0 Å². The van der Waals surface area contributed by atoms with Crippen molar-refractivity contribution in [1.29, 1.82) is 0 Å². The normalized spacial score (nSPS) is 14.9. The van der Waals surface area contributed by atoms with Crippen molar-refractivity contribution >= 4 is 17.7 Å². The summed E-state index contributed by atoms with van der Waals surface area (Å²) in [4.78, 5) is 3.83. The smallest absolute Gasteiger partial charge is 0.212 e. The van der Waals surface area contributed by atoms with Crippen LogP contribution < -0.4 is 11.2 Å². The minimum Gasteiger partial charge on any atom is -0.368 e. The van der Waals surface area contributed by atoms with Gasteiger partial charge in [0, 0.05) is 5.25 Å². The minimum absolute atomic E-state index is 0.0703. The molecule has 5 heteroatoms. The summed E-state index contributed by atoms with van der Waals surface area (Å²) < 4.78 is 0. The van der Waals surface area contributed by atoms with Gasteiger partial charge in [0.15, 0.2) is 0 Å². The van der Waals surface area contributed by atoms with Gasteiger partial charge < -0.3 is 5.73 Å². The van der Waals surface area contributed by atoms with Crippen LogP contribution in [-0.2, 0) is 0 Å². The predicted molar refractivity (Wildman–Crippen MR) is 44.4 cm³/mol. The van der Waals surface area contributed by atoms with Crippen LogP contribution in [0.3, 0.4) is 0 Å². The van der Waals surface area contributed by atoms with Gasteiger partial charge in [0.25, 0.3) is 0 Å². The SMILES string of the molecule is CSC(C)CN=C(N)NO. The average molecular weight is 163 g/mol. The van der Waals surface area contributed by atoms with Gasteiger partial charge in [0.05, 0.1) is 6.54 Å². The largest absolute Gasteiger partial charge is 0.368 e. The fraction of sp³-hybridized carbons (Fsp3) is 0.800. The topological polar surface area (TPSA) is 70.6 Å². The van der Waals surface area contributed by atoms with Crippen molar-refractivity contribution in [3.05, 3.63) is 0 Å². The second-order valence-electron chi connectivity index (χ2n) is 1.88. The summed E-state index contributed by atoms with van der Waals surface area (Å²) in [6.07, 6.45) is 2.00. The maximum atomic E-state index is 8.21. The van der Waals surface area contributed by atoms with Crippen LogP contribution in [0, 0.1) is 0 Å². The average Bonchev–Trinajstić information content (AvgIpc) is 1.99. The van der Waals surface area contributed by atoms with E-state index in [-0.39, 0.29) is 5.96 Å². The number of guanidine groups is 1. The molecule has 0 aliphatic rings. The fourth-order valence-corrected chi connectivity index (χ4v) is 0.560. The van der Waals surface area contributed by atoms with Gasteiger partial charge in [-0.15, -0.1) is 0 Å². The van der Waals surface area contributed by atoms with E-state index in [1.807, 2.05) is 13.2 Å². The van der Waals surface area contributed by atoms with Crippen molar-refractivity contribution in [2.24, 2.45) is 10.7 Å². The van der Waals surface area contributed by atoms with Crippen LogP contribution in [0.25, 0.3) is 0 Å². The third-order valence-corrected chi connectivity index (χ3v) is 1.99. The first-order chi connectivity index (χ1) is 4.70. The second kappa shape index (κ2) is 5.37. The van der Waals surface area contributed by atoms with E-state index in [9.17, 15) is 0 Å². The molecular formula is C5H13N3OS. The van der Waals surface area contributed by atoms with Crippen molar-refractivity contribution in [1.82, 2.24) is 5.48 Å². The van der Waals surface area contributed by atoms with Crippen LogP contribution in [0.15, 0.2) is 4.99 Å². The Bertz CT molecular complexity index is 117. The Kier molecular flexibility index (Phi) is 5.15. The van der Waals surface area contributed by atoms with Gasteiger partial charge >= 0.3 is 0 Å². The highest BCUT2D eigenvalue weighted by Crippen LogP contribution is 2.03. The summed E-state index contributed by atoms with van der Waals surface area (Å²) in [5.74, 6) is 0.0703. The van der Waals surface area contributed by atoms with Crippen molar-refractivity contribution in [2.45, 2.75) is 12.2 Å². The third kappa shape index (κ3) is 4.46. The zero-order valence-electron chi connectivity index (χ0n) is 6.16. The second-order valence-corrected chi connectivity index (χ2v) is 3.16. The van der Waals surface area contributed by atoms with Gasteiger partial charge in [-0.2, -0.15) is 11.8 Å². The number of nitrogens with zero attached hydrogens (tertiary/aromatic N) is 1. The first-order valence-corrected chi connectivity index (χ1v) is 4.22. The Balaban J connectivity index is 3.50. The summed E-state index contributed by atoms with van der Waals surface area (Å²) in [6, 6.07) is 0. The Morgan fingerprint density at radius 2 is 2.50 bits per heavy atom. The third-order valence-electron chi connectivity index (χ3n) is 1.04. The number of hydrogen-bond donors (Lipinski definition) is 3. The molecular weight excluding hydrogens is 150 g/mol. The molecule has 0 aromatic carbocycles. The quantitative estimate of drug-likeness (QED) is 0.312. The fourth-order valence-electron chi connectivity index (χ4n) is 0.337. The van der Waals surface area contributed by atoms with Crippen molar-refractivity contribution in [3.8, 4) is 0 Å². The summed E-state index contributed by atoms with van der Waals surface area (Å²) in [5.41, 5.74) is 6.92. The first kappa shape index (κ1) is 9.58. The Morgan fingerprint density at radius 3 is 2.90 bits per heavy atom. The highest BCUT2D eigenvalue weighted by molar-refractivity contribution is 7.99. The number of aliphatic imine (C=N–C) groups is 1. The molecule has 4 nitrogen and oxygen atoms in total. The Hall–Kier alpha value is -0.420. The number of hydrogen-bond acceptors (Lipinski definition) is 3. The van der Waals surface area contributed by atoms with E-state index in [2.05, 4.69) is 4.99 Å². The van der Waals surface area contributed by atoms with Crippen LogP contribution >= 0.6 is 11.8 Å². The van der Waals surface area contributed by atoms with Gasteiger partial charge in [0.1, 0.15) is 0 Å². The van der Waals surface area contributed by atoms with Gasteiger partial charge in [-0.05, 0) is 6.26 Å². The Morgan fingerprint density at radius 1 is 1.90 bits per heavy atom. The number of nitrogens with two attached hydrogens (primary N) is 1. The van der Waals surface area contributed by atoms with Crippen molar-refractivity contribution in [3.63, 3.8) is 0 Å². The van der Waals surface area contributed by atoms with Gasteiger partial charge in [0.2, 0.25) is 5.96 Å². The van der Waals surface area contributed by atoms with Crippen LogP contribution in [0.5, 0.6) is 0 Å². The molecule has 10 heavy (non-hydrogen) atoms. The molecule has 0 rings (SSSR count). The molecule has 0 saturated heterocycles. The maximum Gasteiger partial charge on any atom is 0.212 e. The number of nitrogens with one attached hydrogen (secondary N) is 1. The predicted octanol–water partition coefficient (Wildman–Crippen LogP) is 0.0314. The zero-order chi connectivity index (χ0) is 7.98. The van der Waals surface area contributed by atoms with E-state index in [0.29, 0.717) is 11.8 Å². The van der Waals surface area contributed by atoms with Crippen LogP contribution in [0.4, 0.5) is 0 Å². The molecule has 0 saturated carbocycles. The number of thioether (sulfide) groups is 1. The maximum absolute atomic E-state index is 8.21. The van der Waals surface area contributed by atoms with Gasteiger partial charge in [-0.3, -0.25) is 10.2 Å². The summed E-state index contributed by atoms with van der Waals surface area (Å²) in [6.45, 7) is 2.67. The molecule has 0 aliphatic carbocycles. The molecule has 0 aromatic heterocycles. The van der Waals surface area contributed by atoms with E-state index in [4.69, 9.17) is 10.9 Å². The van der Waals surface area contributed by atoms with E-state index in [0.717, 1.165) is 0 Å². The van der Waals surface area contributed by atoms with Gasteiger partial charge in [-0.1, -0.05) is 6.92 Å². The van der Waals surface area contributed by atoms with Gasteiger partial charge in [-0.25, -0.2) is 5.48 Å². The van der Waals surface area contributed by atoms with Crippen molar-refractivity contribution < 1.29 is 5.21 Å². The van der Waals surface area contributed by atoms with E-state index in [1.165, 1.54) is 0 Å². The lowest BCUT2D eigenvalue weighted by Crippen LogP contribution is -2.29. The molecule has 0 bridgehead atoms. The Labute approximate surface area is 64.9 Å². The molecule has 0 amide bonds. The zero-order valence-corrected chi connectivity index (χ0v) is 6.98. The molecule has 1 atom stereocenters. The molecule has 0 fully saturated rings. The monoisotopic (exact) mass is 163 g/mol. The van der Waals surface area contributed by atoms with Crippen LogP contribution in [0.1, 0.15) is 6.92 Å².